The summed E-state index contributed by atoms with van der Waals surface area (Å²) >= 11 is 6.24. The number of nitrogens with zero attached hydrogens (tertiary/aromatic N) is 4. The van der Waals surface area contributed by atoms with E-state index in [2.05, 4.69) is 20.2 Å². The summed E-state index contributed by atoms with van der Waals surface area (Å²) in [5, 5.41) is 7.03. The summed E-state index contributed by atoms with van der Waals surface area (Å²) in [6, 6.07) is 1.66. The highest BCUT2D eigenvalue weighted by Gasteiger charge is 2.28. The van der Waals surface area contributed by atoms with Gasteiger partial charge in [-0.3, -0.25) is 4.79 Å². The maximum absolute atomic E-state index is 12.8. The van der Waals surface area contributed by atoms with Crippen LogP contribution in [0.4, 0.5) is 5.69 Å². The molecule has 0 radical (unpaired) electrons. The Labute approximate surface area is 163 Å². The fourth-order valence-electron chi connectivity index (χ4n) is 3.64. The first-order chi connectivity index (χ1) is 13.1. The number of halogens is 1. The number of nitrogens with one attached hydrogen (secondary N) is 1. The Morgan fingerprint density at radius 2 is 2.30 bits per heavy atom. The first kappa shape index (κ1) is 19.8. The summed E-state index contributed by atoms with van der Waals surface area (Å²) in [5.41, 5.74) is 10.2. The Hall–Kier alpha value is -1.99. The highest BCUT2D eigenvalue weighted by atomic mass is 35.5. The van der Waals surface area contributed by atoms with Crippen molar-refractivity contribution in [3.63, 3.8) is 0 Å². The van der Waals surface area contributed by atoms with Crippen LogP contribution in [-0.2, 0) is 11.2 Å². The molecule has 0 aliphatic carbocycles. The molecule has 2 heterocycles. The Morgan fingerprint density at radius 3 is 3.00 bits per heavy atom. The van der Waals surface area contributed by atoms with Crippen molar-refractivity contribution in [1.29, 1.82) is 0 Å². The van der Waals surface area contributed by atoms with Crippen LogP contribution in [0.3, 0.4) is 0 Å². The third kappa shape index (κ3) is 4.65. The van der Waals surface area contributed by atoms with Crippen LogP contribution in [-0.4, -0.2) is 56.8 Å². The molecular formula is C18H24ClN5O3. The van der Waals surface area contributed by atoms with Gasteiger partial charge in [-0.15, -0.1) is 0 Å². The molecule has 1 fully saturated rings. The monoisotopic (exact) mass is 393 g/mol. The molecular weight excluding hydrogens is 370 g/mol. The lowest BCUT2D eigenvalue weighted by atomic mass is 10.0. The molecule has 2 aliphatic rings. The zero-order valence-electron chi connectivity index (χ0n) is 15.4. The van der Waals surface area contributed by atoms with E-state index in [0.29, 0.717) is 35.6 Å². The molecule has 27 heavy (non-hydrogen) atoms. The number of ether oxygens (including phenoxy) is 2. The molecule has 0 unspecified atom stereocenters. The van der Waals surface area contributed by atoms with Crippen molar-refractivity contribution in [3.8, 4) is 5.75 Å². The highest BCUT2D eigenvalue weighted by Crippen LogP contribution is 2.42. The molecule has 1 amide bonds. The third-order valence-corrected chi connectivity index (χ3v) is 5.32. The van der Waals surface area contributed by atoms with E-state index in [1.165, 1.54) is 6.07 Å². The van der Waals surface area contributed by atoms with Crippen molar-refractivity contribution in [3.05, 3.63) is 32.7 Å². The van der Waals surface area contributed by atoms with Gasteiger partial charge in [0.25, 0.3) is 5.91 Å². The molecule has 1 N–H and O–H groups in total. The van der Waals surface area contributed by atoms with Crippen LogP contribution in [0.15, 0.2) is 11.2 Å². The average molecular weight is 394 g/mol. The normalized spacial score (nSPS) is 17.1. The summed E-state index contributed by atoms with van der Waals surface area (Å²) in [7, 11) is 1.72. The van der Waals surface area contributed by atoms with Gasteiger partial charge in [-0.1, -0.05) is 16.7 Å². The van der Waals surface area contributed by atoms with Crippen LogP contribution in [0.1, 0.15) is 35.2 Å². The number of piperidine rings is 1. The van der Waals surface area contributed by atoms with Gasteiger partial charge in [-0.05, 0) is 30.9 Å². The van der Waals surface area contributed by atoms with Crippen molar-refractivity contribution in [2.24, 2.45) is 5.11 Å². The molecule has 0 saturated carbocycles. The van der Waals surface area contributed by atoms with Gasteiger partial charge >= 0.3 is 0 Å². The van der Waals surface area contributed by atoms with Gasteiger partial charge in [0, 0.05) is 56.3 Å². The predicted molar refractivity (Wildman–Crippen MR) is 103 cm³/mol. The van der Waals surface area contributed by atoms with E-state index < -0.39 is 0 Å². The van der Waals surface area contributed by atoms with Crippen LogP contribution in [0.2, 0.25) is 5.02 Å². The Kier molecular flexibility index (Phi) is 6.79. The zero-order valence-corrected chi connectivity index (χ0v) is 16.2. The van der Waals surface area contributed by atoms with Gasteiger partial charge in [0.15, 0.2) is 0 Å². The number of likely N-dealkylation sites (tertiary alicyclic amines) is 1. The molecule has 1 aromatic carbocycles. The van der Waals surface area contributed by atoms with E-state index in [1.807, 2.05) is 0 Å². The van der Waals surface area contributed by atoms with Crippen molar-refractivity contribution in [2.45, 2.75) is 31.7 Å². The number of rotatable bonds is 7. The number of hydrogen-bond donors (Lipinski definition) is 1. The van der Waals surface area contributed by atoms with Crippen LogP contribution in [0.25, 0.3) is 10.4 Å². The average Bonchev–Trinajstić information content (AvgIpc) is 3.15. The second-order valence-corrected chi connectivity index (χ2v) is 7.19. The van der Waals surface area contributed by atoms with E-state index >= 15 is 0 Å². The fourth-order valence-corrected chi connectivity index (χ4v) is 3.91. The number of azide groups is 1. The van der Waals surface area contributed by atoms with Crippen LogP contribution < -0.4 is 10.1 Å². The minimum absolute atomic E-state index is 0.129. The molecule has 0 bridgehead atoms. The van der Waals surface area contributed by atoms with Crippen molar-refractivity contribution in [2.75, 3.05) is 40.0 Å². The Balaban J connectivity index is 1.63. The molecule has 0 spiro atoms. The van der Waals surface area contributed by atoms with E-state index in [-0.39, 0.29) is 17.0 Å². The minimum Gasteiger partial charge on any atom is -0.492 e. The first-order valence-electron chi connectivity index (χ1n) is 9.19. The highest BCUT2D eigenvalue weighted by molar-refractivity contribution is 6.33. The van der Waals surface area contributed by atoms with Crippen LogP contribution >= 0.6 is 11.6 Å². The number of carbonyl (C=O) groups is 1. The lowest BCUT2D eigenvalue weighted by Crippen LogP contribution is -2.45. The summed E-state index contributed by atoms with van der Waals surface area (Å²) in [5.74, 6) is 0.289. The topological polar surface area (TPSA) is 99.6 Å². The Bertz CT molecular complexity index is 743. The number of carbonyl (C=O) groups excluding carboxylic acids is 1. The summed E-state index contributed by atoms with van der Waals surface area (Å²) in [6.45, 7) is 4.16. The van der Waals surface area contributed by atoms with E-state index in [1.54, 1.807) is 7.11 Å². The lowest BCUT2D eigenvalue weighted by molar-refractivity contribution is 0.0904. The molecule has 0 atom stereocenters. The second kappa shape index (κ2) is 9.28. The van der Waals surface area contributed by atoms with Crippen LogP contribution in [0, 0.1) is 0 Å². The maximum atomic E-state index is 12.8. The van der Waals surface area contributed by atoms with Crippen molar-refractivity contribution < 1.29 is 14.3 Å². The zero-order chi connectivity index (χ0) is 19.2. The number of benzene rings is 1. The van der Waals surface area contributed by atoms with Crippen molar-refractivity contribution in [1.82, 2.24) is 10.2 Å². The quantitative estimate of drug-likeness (QED) is 0.332. The van der Waals surface area contributed by atoms with Gasteiger partial charge in [-0.2, -0.15) is 0 Å². The number of fused-ring (bicyclic) bond motifs is 1. The number of methoxy groups -OCH3 is 1. The molecule has 2 aliphatic heterocycles. The van der Waals surface area contributed by atoms with Gasteiger partial charge in [0.2, 0.25) is 0 Å². The summed E-state index contributed by atoms with van der Waals surface area (Å²) in [6.07, 6.45) is 3.41. The van der Waals surface area contributed by atoms with E-state index in [0.717, 1.165) is 45.5 Å². The SMILES string of the molecule is COCCCN1CCC(NC(=O)c2cc(Cl)c(N=[N+]=[N-])c3c2OCC3)CC1. The molecule has 9 heteroatoms. The molecule has 1 saturated heterocycles. The largest absolute Gasteiger partial charge is 0.492 e. The maximum Gasteiger partial charge on any atom is 0.255 e. The molecule has 8 nitrogen and oxygen atoms in total. The van der Waals surface area contributed by atoms with Gasteiger partial charge in [0.05, 0.1) is 22.9 Å². The number of hydrogen-bond acceptors (Lipinski definition) is 5. The fraction of sp³-hybridized carbons (Fsp3) is 0.611. The number of amides is 1. The van der Waals surface area contributed by atoms with E-state index in [9.17, 15) is 4.79 Å². The predicted octanol–water partition coefficient (Wildman–Crippen LogP) is 3.45. The minimum atomic E-state index is -0.194. The molecule has 1 aromatic rings. The molecule has 146 valence electrons. The Morgan fingerprint density at radius 1 is 1.52 bits per heavy atom. The third-order valence-electron chi connectivity index (χ3n) is 5.04. The smallest absolute Gasteiger partial charge is 0.255 e. The molecule has 3 rings (SSSR count). The first-order valence-corrected chi connectivity index (χ1v) is 9.57. The van der Waals surface area contributed by atoms with Gasteiger partial charge < -0.3 is 19.7 Å². The van der Waals surface area contributed by atoms with E-state index in [4.69, 9.17) is 26.6 Å². The van der Waals surface area contributed by atoms with Gasteiger partial charge in [0.1, 0.15) is 5.75 Å². The summed E-state index contributed by atoms with van der Waals surface area (Å²) < 4.78 is 10.7. The second-order valence-electron chi connectivity index (χ2n) is 6.79. The van der Waals surface area contributed by atoms with Gasteiger partial charge in [-0.25, -0.2) is 0 Å². The summed E-state index contributed by atoms with van der Waals surface area (Å²) in [4.78, 5) is 18.0. The van der Waals surface area contributed by atoms with Crippen LogP contribution in [0.5, 0.6) is 5.75 Å². The molecule has 0 aromatic heterocycles. The van der Waals surface area contributed by atoms with Crippen molar-refractivity contribution >= 4 is 23.2 Å². The lowest BCUT2D eigenvalue weighted by Gasteiger charge is -2.32. The standard InChI is InChI=1S/C18H24ClN5O3/c1-26-9-2-6-24-7-3-12(4-8-24)21-18(25)14-11-15(19)16(22-23-20)13-5-10-27-17(13)14/h11-12H,2-10H2,1H3,(H,21,25).